The minimum Gasteiger partial charge on any atom is -0.353 e. The first kappa shape index (κ1) is 12.7. The summed E-state index contributed by atoms with van der Waals surface area (Å²) < 4.78 is 0. The third-order valence-corrected chi connectivity index (χ3v) is 4.31. The second kappa shape index (κ2) is 5.76. The number of rotatable bonds is 3. The van der Waals surface area contributed by atoms with E-state index in [1.165, 1.54) is 0 Å². The van der Waals surface area contributed by atoms with Crippen molar-refractivity contribution in [2.75, 3.05) is 25.1 Å². The molecule has 0 aromatic rings. The average Bonchev–Trinajstić information content (AvgIpc) is 2.35. The van der Waals surface area contributed by atoms with Gasteiger partial charge in [0.15, 0.2) is 0 Å². The van der Waals surface area contributed by atoms with Crippen LogP contribution in [0.15, 0.2) is 0 Å². The lowest BCUT2D eigenvalue weighted by Gasteiger charge is -2.41. The van der Waals surface area contributed by atoms with Gasteiger partial charge in [-0.3, -0.25) is 9.59 Å². The highest BCUT2D eigenvalue weighted by atomic mass is 32.2. The fraction of sp³-hybridized carbons (Fsp3) is 0.833. The molecule has 2 aliphatic heterocycles. The third kappa shape index (κ3) is 3.15. The molecule has 0 spiro atoms. The van der Waals surface area contributed by atoms with Crippen LogP contribution >= 0.6 is 11.8 Å². The van der Waals surface area contributed by atoms with Crippen LogP contribution in [0.4, 0.5) is 0 Å². The summed E-state index contributed by atoms with van der Waals surface area (Å²) in [4.78, 5) is 25.2. The largest absolute Gasteiger partial charge is 0.353 e. The van der Waals surface area contributed by atoms with Crippen molar-refractivity contribution in [2.45, 2.75) is 31.7 Å². The highest BCUT2D eigenvalue weighted by Gasteiger charge is 2.34. The third-order valence-electron chi connectivity index (χ3n) is 3.70. The molecule has 4 nitrogen and oxygen atoms in total. The zero-order valence-electron chi connectivity index (χ0n) is 10.3. The number of carbonyl (C=O) groups excluding carboxylic acids is 2. The Morgan fingerprint density at radius 2 is 2.35 bits per heavy atom. The molecule has 0 aliphatic carbocycles. The van der Waals surface area contributed by atoms with Crippen LogP contribution < -0.4 is 5.32 Å². The molecule has 2 unspecified atom stereocenters. The first-order chi connectivity index (χ1) is 8.20. The molecule has 0 aromatic heterocycles. The van der Waals surface area contributed by atoms with Crippen LogP contribution in [-0.4, -0.2) is 47.9 Å². The number of likely N-dealkylation sites (tertiary alicyclic amines) is 1. The van der Waals surface area contributed by atoms with Gasteiger partial charge >= 0.3 is 0 Å². The molecule has 17 heavy (non-hydrogen) atoms. The lowest BCUT2D eigenvalue weighted by atomic mass is 9.85. The lowest BCUT2D eigenvalue weighted by molar-refractivity contribution is -0.134. The molecule has 2 rings (SSSR count). The number of hydrogen-bond acceptors (Lipinski definition) is 3. The Morgan fingerprint density at radius 3 is 3.12 bits per heavy atom. The van der Waals surface area contributed by atoms with Crippen molar-refractivity contribution >= 4 is 23.6 Å². The van der Waals surface area contributed by atoms with E-state index in [1.54, 1.807) is 11.8 Å². The number of amides is 2. The van der Waals surface area contributed by atoms with E-state index in [2.05, 4.69) is 5.32 Å². The van der Waals surface area contributed by atoms with Crippen LogP contribution in [0, 0.1) is 5.92 Å². The minimum atomic E-state index is 0.174. The quantitative estimate of drug-likeness (QED) is 0.815. The van der Waals surface area contributed by atoms with E-state index in [9.17, 15) is 9.59 Å². The summed E-state index contributed by atoms with van der Waals surface area (Å²) in [6.45, 7) is 1.63. The van der Waals surface area contributed by atoms with Gasteiger partial charge in [0.2, 0.25) is 11.8 Å². The highest BCUT2D eigenvalue weighted by Crippen LogP contribution is 2.25. The van der Waals surface area contributed by atoms with E-state index < -0.39 is 0 Å². The first-order valence-electron chi connectivity index (χ1n) is 6.27. The van der Waals surface area contributed by atoms with Crippen LogP contribution in [-0.2, 0) is 9.59 Å². The molecule has 2 heterocycles. The average molecular weight is 256 g/mol. The Morgan fingerprint density at radius 1 is 1.53 bits per heavy atom. The summed E-state index contributed by atoms with van der Waals surface area (Å²) in [5.41, 5.74) is 0. The van der Waals surface area contributed by atoms with E-state index in [1.807, 2.05) is 11.2 Å². The van der Waals surface area contributed by atoms with Crippen molar-refractivity contribution in [3.63, 3.8) is 0 Å². The summed E-state index contributed by atoms with van der Waals surface area (Å²) >= 11 is 1.71. The van der Waals surface area contributed by atoms with Gasteiger partial charge in [0.1, 0.15) is 0 Å². The number of nitrogens with one attached hydrogen (secondary N) is 1. The van der Waals surface area contributed by atoms with Gasteiger partial charge in [-0.05, 0) is 25.0 Å². The zero-order valence-corrected chi connectivity index (χ0v) is 11.1. The standard InChI is InChI=1S/C12H20N2O2S/c1-17-7-5-12(16)14-6-4-10-9(8-14)2-3-11(15)13-10/h9-10H,2-8H2,1H3,(H,13,15). The van der Waals surface area contributed by atoms with E-state index in [-0.39, 0.29) is 11.8 Å². The smallest absolute Gasteiger partial charge is 0.223 e. The van der Waals surface area contributed by atoms with Crippen LogP contribution in [0.25, 0.3) is 0 Å². The molecular formula is C12H20N2O2S. The van der Waals surface area contributed by atoms with E-state index >= 15 is 0 Å². The predicted molar refractivity (Wildman–Crippen MR) is 68.9 cm³/mol. The number of thioether (sulfide) groups is 1. The Bertz CT molecular complexity index is 309. The molecule has 2 aliphatic rings. The van der Waals surface area contributed by atoms with Crippen molar-refractivity contribution in [1.82, 2.24) is 10.2 Å². The van der Waals surface area contributed by atoms with Crippen molar-refractivity contribution in [3.8, 4) is 0 Å². The summed E-state index contributed by atoms with van der Waals surface area (Å²) in [6, 6.07) is 0.306. The minimum absolute atomic E-state index is 0.174. The summed E-state index contributed by atoms with van der Waals surface area (Å²) in [7, 11) is 0. The fourth-order valence-corrected chi connectivity index (χ4v) is 3.06. The Kier molecular flexibility index (Phi) is 4.31. The van der Waals surface area contributed by atoms with Crippen molar-refractivity contribution in [2.24, 2.45) is 5.92 Å². The maximum Gasteiger partial charge on any atom is 0.223 e. The molecule has 2 amide bonds. The summed E-state index contributed by atoms with van der Waals surface area (Å²) in [6.07, 6.45) is 5.14. The Hall–Kier alpha value is -0.710. The maximum absolute atomic E-state index is 11.9. The number of hydrogen-bond donors (Lipinski definition) is 1. The molecule has 1 N–H and O–H groups in total. The molecule has 0 saturated carbocycles. The number of piperidine rings is 2. The number of fused-ring (bicyclic) bond motifs is 1. The number of carbonyl (C=O) groups is 2. The van der Waals surface area contributed by atoms with E-state index in [0.717, 1.165) is 31.7 Å². The van der Waals surface area contributed by atoms with Gasteiger partial charge in [0.05, 0.1) is 0 Å². The van der Waals surface area contributed by atoms with Crippen molar-refractivity contribution in [3.05, 3.63) is 0 Å². The number of nitrogens with zero attached hydrogens (tertiary/aromatic N) is 1. The SMILES string of the molecule is CSCCC(=O)N1CCC2NC(=O)CCC2C1. The summed E-state index contributed by atoms with van der Waals surface area (Å²) in [5.74, 6) is 1.82. The Balaban J connectivity index is 1.85. The molecule has 5 heteroatoms. The van der Waals surface area contributed by atoms with Gasteiger partial charge < -0.3 is 10.2 Å². The molecule has 2 saturated heterocycles. The van der Waals surface area contributed by atoms with Gasteiger partial charge in [0.25, 0.3) is 0 Å². The van der Waals surface area contributed by atoms with E-state index in [4.69, 9.17) is 0 Å². The molecule has 0 aromatic carbocycles. The molecule has 2 atom stereocenters. The van der Waals surface area contributed by atoms with Gasteiger partial charge in [-0.1, -0.05) is 0 Å². The van der Waals surface area contributed by atoms with Crippen LogP contribution in [0.2, 0.25) is 0 Å². The van der Waals surface area contributed by atoms with Gasteiger partial charge in [-0.2, -0.15) is 11.8 Å². The molecule has 96 valence electrons. The van der Waals surface area contributed by atoms with Crippen LogP contribution in [0.5, 0.6) is 0 Å². The second-order valence-corrected chi connectivity index (χ2v) is 5.83. The monoisotopic (exact) mass is 256 g/mol. The van der Waals surface area contributed by atoms with Crippen LogP contribution in [0.3, 0.4) is 0 Å². The van der Waals surface area contributed by atoms with Crippen molar-refractivity contribution in [1.29, 1.82) is 0 Å². The van der Waals surface area contributed by atoms with Gasteiger partial charge in [0, 0.05) is 37.7 Å². The zero-order chi connectivity index (χ0) is 12.3. The predicted octanol–water partition coefficient (Wildman–Crippen LogP) is 0.867. The summed E-state index contributed by atoms with van der Waals surface area (Å²) in [5, 5.41) is 3.04. The van der Waals surface area contributed by atoms with Gasteiger partial charge in [-0.25, -0.2) is 0 Å². The normalized spacial score (nSPS) is 28.5. The van der Waals surface area contributed by atoms with Crippen molar-refractivity contribution < 1.29 is 9.59 Å². The first-order valence-corrected chi connectivity index (χ1v) is 7.66. The molecular weight excluding hydrogens is 236 g/mol. The van der Waals surface area contributed by atoms with E-state index in [0.29, 0.717) is 24.8 Å². The molecule has 2 fully saturated rings. The lowest BCUT2D eigenvalue weighted by Crippen LogP contribution is -2.55. The molecule has 0 bridgehead atoms. The van der Waals surface area contributed by atoms with Gasteiger partial charge in [-0.15, -0.1) is 0 Å². The Labute approximate surface area is 106 Å². The maximum atomic E-state index is 11.9. The highest BCUT2D eigenvalue weighted by molar-refractivity contribution is 7.98. The molecule has 0 radical (unpaired) electrons. The van der Waals surface area contributed by atoms with Crippen LogP contribution in [0.1, 0.15) is 25.7 Å². The topological polar surface area (TPSA) is 49.4 Å². The fourth-order valence-electron chi connectivity index (χ4n) is 2.68. The second-order valence-electron chi connectivity index (χ2n) is 4.84.